The Labute approximate surface area is 307 Å². The molecule has 53 heavy (non-hydrogen) atoms. The number of ether oxygens (including phenoxy) is 1. The molecule has 4 heteroatoms. The maximum atomic E-state index is 6.69. The van der Waals surface area contributed by atoms with Crippen molar-refractivity contribution in [2.45, 2.75) is 12.0 Å². The highest BCUT2D eigenvalue weighted by atomic mass is 16.5. The second-order valence-electron chi connectivity index (χ2n) is 13.9. The molecule has 1 aromatic heterocycles. The molecular weight excluding hydrogens is 647 g/mol. The Morgan fingerprint density at radius 1 is 0.434 bits per heavy atom. The van der Waals surface area contributed by atoms with E-state index in [1.165, 1.54) is 49.7 Å². The minimum atomic E-state index is -0.139. The third-order valence-corrected chi connectivity index (χ3v) is 10.8. The van der Waals surface area contributed by atoms with Gasteiger partial charge in [-0.15, -0.1) is 0 Å². The van der Waals surface area contributed by atoms with E-state index in [4.69, 9.17) is 19.7 Å². The fourth-order valence-corrected chi connectivity index (χ4v) is 8.34. The van der Waals surface area contributed by atoms with Gasteiger partial charge in [0.15, 0.2) is 17.5 Å². The van der Waals surface area contributed by atoms with Crippen LogP contribution in [-0.4, -0.2) is 21.1 Å². The van der Waals surface area contributed by atoms with Gasteiger partial charge in [0.05, 0.1) is 0 Å². The lowest BCUT2D eigenvalue weighted by Gasteiger charge is -2.20. The summed E-state index contributed by atoms with van der Waals surface area (Å²) in [6, 6.07) is 55.3. The summed E-state index contributed by atoms with van der Waals surface area (Å²) in [7, 11) is 0. The van der Waals surface area contributed by atoms with Crippen molar-refractivity contribution in [2.24, 2.45) is 0 Å². The summed E-state index contributed by atoms with van der Waals surface area (Å²) in [4.78, 5) is 15.5. The van der Waals surface area contributed by atoms with Crippen LogP contribution in [0.25, 0.3) is 83.9 Å². The molecule has 8 aromatic rings. The van der Waals surface area contributed by atoms with Crippen LogP contribution in [0, 0.1) is 0 Å². The van der Waals surface area contributed by atoms with Crippen LogP contribution in [0.3, 0.4) is 0 Å². The molecule has 11 rings (SSSR count). The molecule has 1 aliphatic heterocycles. The van der Waals surface area contributed by atoms with Crippen molar-refractivity contribution in [3.05, 3.63) is 187 Å². The molecule has 0 fully saturated rings. The van der Waals surface area contributed by atoms with Crippen LogP contribution in [0.4, 0.5) is 0 Å². The number of allylic oxidation sites excluding steroid dienone is 2. The van der Waals surface area contributed by atoms with Crippen molar-refractivity contribution in [2.75, 3.05) is 0 Å². The fourth-order valence-electron chi connectivity index (χ4n) is 8.34. The molecule has 0 amide bonds. The van der Waals surface area contributed by atoms with Crippen LogP contribution in [0.15, 0.2) is 176 Å². The number of benzene rings is 7. The maximum absolute atomic E-state index is 6.69. The highest BCUT2D eigenvalue weighted by Gasteiger charge is 2.36. The lowest BCUT2D eigenvalue weighted by molar-refractivity contribution is 0.269. The van der Waals surface area contributed by atoms with Gasteiger partial charge in [-0.1, -0.05) is 146 Å². The smallest absolute Gasteiger partial charge is 0.164 e. The molecule has 2 atom stereocenters. The van der Waals surface area contributed by atoms with Crippen LogP contribution in [-0.2, 0) is 0 Å². The average molecular weight is 678 g/mol. The average Bonchev–Trinajstić information content (AvgIpc) is 3.77. The normalized spacial score (nSPS) is 16.1. The molecule has 0 radical (unpaired) electrons. The molecule has 0 N–H and O–H groups in total. The molecule has 2 heterocycles. The lowest BCUT2D eigenvalue weighted by Crippen LogP contribution is -2.17. The molecule has 0 saturated heterocycles. The summed E-state index contributed by atoms with van der Waals surface area (Å²) in [6.45, 7) is 0. The molecule has 0 saturated carbocycles. The van der Waals surface area contributed by atoms with E-state index < -0.39 is 0 Å². The first kappa shape index (κ1) is 29.8. The van der Waals surface area contributed by atoms with Crippen LogP contribution >= 0.6 is 0 Å². The van der Waals surface area contributed by atoms with E-state index in [0.29, 0.717) is 17.5 Å². The molecule has 7 aromatic carbocycles. The Kier molecular flexibility index (Phi) is 6.65. The van der Waals surface area contributed by atoms with E-state index >= 15 is 0 Å². The molecule has 248 valence electrons. The molecule has 3 aliphatic rings. The molecular formula is C49H31N3O. The monoisotopic (exact) mass is 677 g/mol. The molecule has 0 spiro atoms. The molecule has 2 aliphatic carbocycles. The number of rotatable bonds is 5. The predicted molar refractivity (Wildman–Crippen MR) is 214 cm³/mol. The Balaban J connectivity index is 1.02. The lowest BCUT2D eigenvalue weighted by atomic mass is 9.85. The zero-order chi connectivity index (χ0) is 34.9. The number of hydrogen-bond acceptors (Lipinski definition) is 4. The van der Waals surface area contributed by atoms with Crippen LogP contribution in [0.5, 0.6) is 5.75 Å². The van der Waals surface area contributed by atoms with Gasteiger partial charge in [-0.3, -0.25) is 0 Å². The van der Waals surface area contributed by atoms with Gasteiger partial charge >= 0.3 is 0 Å². The van der Waals surface area contributed by atoms with Crippen molar-refractivity contribution < 1.29 is 4.74 Å². The van der Waals surface area contributed by atoms with Gasteiger partial charge in [-0.2, -0.15) is 0 Å². The third-order valence-electron chi connectivity index (χ3n) is 10.8. The summed E-state index contributed by atoms with van der Waals surface area (Å²) in [5.74, 6) is 2.82. The van der Waals surface area contributed by atoms with Gasteiger partial charge in [-0.05, 0) is 85.6 Å². The Morgan fingerprint density at radius 3 is 1.89 bits per heavy atom. The van der Waals surface area contributed by atoms with Crippen molar-refractivity contribution in [3.8, 4) is 73.3 Å². The zero-order valence-electron chi connectivity index (χ0n) is 28.6. The van der Waals surface area contributed by atoms with E-state index in [2.05, 4.69) is 152 Å². The maximum Gasteiger partial charge on any atom is 0.164 e. The minimum Gasteiger partial charge on any atom is -0.485 e. The summed E-state index contributed by atoms with van der Waals surface area (Å²) >= 11 is 0. The summed E-state index contributed by atoms with van der Waals surface area (Å²) in [5.41, 5.74) is 13.7. The van der Waals surface area contributed by atoms with Gasteiger partial charge in [0.2, 0.25) is 0 Å². The SMILES string of the molecule is C1=CC2c3c(cccc3-c3nc(-c4ccccc4)nc(-c4cc5c6c(cccc6c4)-c4ccccc4-5)n3)OC2C=C1c1cccc(-c2ccccc2)c1. The van der Waals surface area contributed by atoms with Crippen molar-refractivity contribution >= 4 is 16.3 Å². The largest absolute Gasteiger partial charge is 0.485 e. The van der Waals surface area contributed by atoms with E-state index in [0.717, 1.165) is 33.6 Å². The van der Waals surface area contributed by atoms with Crippen LogP contribution in [0.1, 0.15) is 17.0 Å². The second kappa shape index (κ2) is 11.8. The number of nitrogens with zero attached hydrogens (tertiary/aromatic N) is 3. The first-order valence-electron chi connectivity index (χ1n) is 18.1. The number of hydrogen-bond donors (Lipinski definition) is 0. The first-order chi connectivity index (χ1) is 26.2. The standard InChI is InChI=1S/C49H31N3O/c1-3-12-30(13-4-1)32-16-9-17-33(26-32)34-24-25-40-44(29-34)53-43-23-11-22-41(46(40)43)49-51-47(31-14-5-2-6-15-31)50-48(52-49)36-27-35-18-10-21-39-37-19-7-8-20-38(37)42(28-36)45(35)39/h1-29,40,44H. The number of aromatic nitrogens is 3. The summed E-state index contributed by atoms with van der Waals surface area (Å²) in [6.07, 6.45) is 6.64. The van der Waals surface area contributed by atoms with E-state index in [-0.39, 0.29) is 12.0 Å². The molecule has 0 bridgehead atoms. The number of fused-ring (bicyclic) bond motifs is 6. The topological polar surface area (TPSA) is 47.9 Å². The molecule has 2 unspecified atom stereocenters. The third kappa shape index (κ3) is 4.87. The van der Waals surface area contributed by atoms with Gasteiger partial charge in [-0.25, -0.2) is 15.0 Å². The van der Waals surface area contributed by atoms with Crippen molar-refractivity contribution in [3.63, 3.8) is 0 Å². The zero-order valence-corrected chi connectivity index (χ0v) is 28.6. The molecule has 4 nitrogen and oxygen atoms in total. The van der Waals surface area contributed by atoms with E-state index in [9.17, 15) is 0 Å². The van der Waals surface area contributed by atoms with E-state index in [1.807, 2.05) is 24.3 Å². The second-order valence-corrected chi connectivity index (χ2v) is 13.9. The minimum absolute atomic E-state index is 0.0268. The Bertz CT molecular complexity index is 2820. The van der Waals surface area contributed by atoms with E-state index in [1.54, 1.807) is 0 Å². The van der Waals surface area contributed by atoms with Crippen molar-refractivity contribution in [1.82, 2.24) is 15.0 Å². The van der Waals surface area contributed by atoms with Gasteiger partial charge in [0.1, 0.15) is 11.9 Å². The van der Waals surface area contributed by atoms with Crippen LogP contribution in [0.2, 0.25) is 0 Å². The quantitative estimate of drug-likeness (QED) is 0.182. The van der Waals surface area contributed by atoms with Gasteiger partial charge < -0.3 is 4.74 Å². The Hall–Kier alpha value is -6.91. The highest BCUT2D eigenvalue weighted by molar-refractivity contribution is 6.16. The van der Waals surface area contributed by atoms with Gasteiger partial charge in [0.25, 0.3) is 0 Å². The highest BCUT2D eigenvalue weighted by Crippen LogP contribution is 2.50. The first-order valence-corrected chi connectivity index (χ1v) is 18.1. The summed E-state index contributed by atoms with van der Waals surface area (Å²) in [5, 5.41) is 2.46. The van der Waals surface area contributed by atoms with Crippen LogP contribution < -0.4 is 4.74 Å². The van der Waals surface area contributed by atoms with Gasteiger partial charge in [0, 0.05) is 28.2 Å². The Morgan fingerprint density at radius 2 is 1.06 bits per heavy atom. The fraction of sp³-hybridized carbons (Fsp3) is 0.0408. The summed E-state index contributed by atoms with van der Waals surface area (Å²) < 4.78 is 6.69. The van der Waals surface area contributed by atoms with Crippen molar-refractivity contribution in [1.29, 1.82) is 0 Å². The predicted octanol–water partition coefficient (Wildman–Crippen LogP) is 11.8.